The van der Waals surface area contributed by atoms with Crippen molar-refractivity contribution in [3.05, 3.63) is 23.3 Å². The molecule has 4 nitrogen and oxygen atoms in total. The van der Waals surface area contributed by atoms with E-state index in [2.05, 4.69) is 4.74 Å². The highest BCUT2D eigenvalue weighted by molar-refractivity contribution is 6.62. The fourth-order valence-electron chi connectivity index (χ4n) is 1.41. The number of methoxy groups -OCH3 is 2. The zero-order valence-corrected chi connectivity index (χ0v) is 9.40. The SMILES string of the molecule is COC(=O)c1cc(OC)c(C)cc1[B]C#N. The molecular formula is C11H11BNO3. The van der Waals surface area contributed by atoms with Crippen LogP contribution in [0.4, 0.5) is 0 Å². The first-order valence-electron chi connectivity index (χ1n) is 4.63. The highest BCUT2D eigenvalue weighted by Crippen LogP contribution is 2.18. The van der Waals surface area contributed by atoms with Crippen molar-refractivity contribution in [2.45, 2.75) is 6.92 Å². The maximum atomic E-state index is 11.5. The zero-order chi connectivity index (χ0) is 12.1. The van der Waals surface area contributed by atoms with E-state index in [9.17, 15) is 4.79 Å². The number of benzene rings is 1. The number of nitriles is 1. The van der Waals surface area contributed by atoms with E-state index in [1.807, 2.05) is 12.9 Å². The Balaban J connectivity index is 3.31. The Morgan fingerprint density at radius 2 is 2.12 bits per heavy atom. The third-order valence-electron chi connectivity index (χ3n) is 2.19. The molecule has 1 aromatic rings. The second-order valence-electron chi connectivity index (χ2n) is 3.17. The average molecular weight is 216 g/mol. The van der Waals surface area contributed by atoms with E-state index in [1.165, 1.54) is 21.5 Å². The molecule has 16 heavy (non-hydrogen) atoms. The van der Waals surface area contributed by atoms with Crippen LogP contribution >= 0.6 is 0 Å². The first kappa shape index (κ1) is 12.1. The lowest BCUT2D eigenvalue weighted by Gasteiger charge is -2.10. The van der Waals surface area contributed by atoms with Crippen molar-refractivity contribution in [2.75, 3.05) is 14.2 Å². The number of carbonyl (C=O) groups is 1. The predicted molar refractivity (Wildman–Crippen MR) is 60.1 cm³/mol. The van der Waals surface area contributed by atoms with Crippen LogP contribution in [0.15, 0.2) is 12.1 Å². The summed E-state index contributed by atoms with van der Waals surface area (Å²) in [6.45, 7) is 1.84. The molecule has 1 radical (unpaired) electrons. The molecule has 81 valence electrons. The van der Waals surface area contributed by atoms with E-state index < -0.39 is 5.97 Å². The molecule has 0 aromatic heterocycles. The minimum absolute atomic E-state index is 0.325. The largest absolute Gasteiger partial charge is 0.496 e. The second-order valence-corrected chi connectivity index (χ2v) is 3.17. The molecule has 0 unspecified atom stereocenters. The summed E-state index contributed by atoms with van der Waals surface area (Å²) in [5.74, 6) is 2.00. The molecule has 1 aromatic carbocycles. The van der Waals surface area contributed by atoms with E-state index >= 15 is 0 Å². The normalized spacial score (nSPS) is 9.12. The lowest BCUT2D eigenvalue weighted by Crippen LogP contribution is -2.23. The van der Waals surface area contributed by atoms with Gasteiger partial charge in [0.05, 0.1) is 19.8 Å². The monoisotopic (exact) mass is 216 g/mol. The Kier molecular flexibility index (Phi) is 3.95. The summed E-state index contributed by atoms with van der Waals surface area (Å²) in [5, 5.41) is 8.63. The molecule has 0 bridgehead atoms. The molecule has 0 N–H and O–H groups in total. The molecule has 0 aliphatic carbocycles. The van der Waals surface area contributed by atoms with Gasteiger partial charge in [-0.05, 0) is 18.6 Å². The smallest absolute Gasteiger partial charge is 0.337 e. The van der Waals surface area contributed by atoms with E-state index in [4.69, 9.17) is 10.00 Å². The van der Waals surface area contributed by atoms with Crippen molar-refractivity contribution in [3.8, 4) is 11.7 Å². The molecule has 0 fully saturated rings. The Labute approximate surface area is 95.0 Å². The predicted octanol–water partition coefficient (Wildman–Crippen LogP) is 0.601. The van der Waals surface area contributed by atoms with Gasteiger partial charge in [-0.1, -0.05) is 11.5 Å². The van der Waals surface area contributed by atoms with Gasteiger partial charge < -0.3 is 9.47 Å². The Hall–Kier alpha value is -1.96. The number of ether oxygens (including phenoxy) is 2. The summed E-state index contributed by atoms with van der Waals surface area (Å²) in [6.07, 6.45) is 0. The quantitative estimate of drug-likeness (QED) is 0.548. The van der Waals surface area contributed by atoms with Crippen molar-refractivity contribution in [1.82, 2.24) is 0 Å². The fourth-order valence-corrected chi connectivity index (χ4v) is 1.41. The number of esters is 1. The number of carbonyl (C=O) groups excluding carboxylic acids is 1. The fraction of sp³-hybridized carbons (Fsp3) is 0.273. The second kappa shape index (κ2) is 5.22. The topological polar surface area (TPSA) is 59.3 Å². The van der Waals surface area contributed by atoms with Crippen molar-refractivity contribution >= 4 is 18.7 Å². The molecule has 0 atom stereocenters. The number of aryl methyl sites for hydroxylation is 1. The Bertz CT molecular complexity index is 451. The minimum Gasteiger partial charge on any atom is -0.496 e. The minimum atomic E-state index is -0.486. The molecule has 0 heterocycles. The van der Waals surface area contributed by atoms with Gasteiger partial charge in [0.1, 0.15) is 5.75 Å². The molecule has 0 spiro atoms. The number of hydrogen-bond acceptors (Lipinski definition) is 4. The lowest BCUT2D eigenvalue weighted by molar-refractivity contribution is 0.0602. The summed E-state index contributed by atoms with van der Waals surface area (Å²) in [5.41, 5.74) is 1.72. The maximum Gasteiger partial charge on any atom is 0.337 e. The number of nitrogens with zero attached hydrogens (tertiary/aromatic N) is 1. The zero-order valence-electron chi connectivity index (χ0n) is 9.40. The van der Waals surface area contributed by atoms with Crippen LogP contribution in [0, 0.1) is 18.2 Å². The van der Waals surface area contributed by atoms with Gasteiger partial charge >= 0.3 is 5.97 Å². The van der Waals surface area contributed by atoms with Gasteiger partial charge in [0.15, 0.2) is 0 Å². The molecule has 0 aliphatic heterocycles. The van der Waals surface area contributed by atoms with Crippen molar-refractivity contribution in [1.29, 1.82) is 5.26 Å². The summed E-state index contributed by atoms with van der Waals surface area (Å²) >= 11 is 0. The molecule has 0 amide bonds. The van der Waals surface area contributed by atoms with Crippen molar-refractivity contribution < 1.29 is 14.3 Å². The summed E-state index contributed by atoms with van der Waals surface area (Å²) < 4.78 is 9.75. The van der Waals surface area contributed by atoms with Gasteiger partial charge in [-0.25, -0.2) is 10.1 Å². The standard InChI is InChI=1S/C11H11BNO3/c1-7-4-9(12-6-13)8(11(14)16-3)5-10(7)15-2/h4-5H,1-3H3. The Morgan fingerprint density at radius 3 is 2.62 bits per heavy atom. The third kappa shape index (κ3) is 2.34. The van der Waals surface area contributed by atoms with Gasteiger partial charge in [-0.2, -0.15) is 0 Å². The molecule has 5 heteroatoms. The van der Waals surface area contributed by atoms with Crippen LogP contribution in [0.3, 0.4) is 0 Å². The van der Waals surface area contributed by atoms with Crippen LogP contribution in [0.25, 0.3) is 0 Å². The lowest BCUT2D eigenvalue weighted by atomic mass is 9.69. The van der Waals surface area contributed by atoms with Crippen LogP contribution in [-0.2, 0) is 4.74 Å². The third-order valence-corrected chi connectivity index (χ3v) is 2.19. The average Bonchev–Trinajstić information content (AvgIpc) is 2.29. The van der Waals surface area contributed by atoms with Crippen LogP contribution in [0.1, 0.15) is 15.9 Å². The highest BCUT2D eigenvalue weighted by atomic mass is 16.5. The van der Waals surface area contributed by atoms with E-state index in [0.717, 1.165) is 5.56 Å². The molecule has 0 saturated carbocycles. The molecule has 0 saturated heterocycles. The first-order chi connectivity index (χ1) is 7.63. The van der Waals surface area contributed by atoms with Gasteiger partial charge in [0, 0.05) is 5.97 Å². The first-order valence-corrected chi connectivity index (χ1v) is 4.63. The van der Waals surface area contributed by atoms with E-state index in [-0.39, 0.29) is 0 Å². The molecule has 1 rings (SSSR count). The van der Waals surface area contributed by atoms with E-state index in [1.54, 1.807) is 12.1 Å². The summed E-state index contributed by atoms with van der Waals surface area (Å²) in [7, 11) is 4.13. The van der Waals surface area contributed by atoms with E-state index in [0.29, 0.717) is 16.8 Å². The Morgan fingerprint density at radius 1 is 1.44 bits per heavy atom. The number of hydrogen-bond donors (Lipinski definition) is 0. The maximum absolute atomic E-state index is 11.5. The van der Waals surface area contributed by atoms with Crippen LogP contribution in [-0.4, -0.2) is 27.5 Å². The number of rotatable bonds is 3. The van der Waals surface area contributed by atoms with Gasteiger partial charge in [-0.15, -0.1) is 0 Å². The van der Waals surface area contributed by atoms with Crippen LogP contribution in [0.2, 0.25) is 0 Å². The van der Waals surface area contributed by atoms with Crippen molar-refractivity contribution in [3.63, 3.8) is 0 Å². The highest BCUT2D eigenvalue weighted by Gasteiger charge is 2.15. The molecular weight excluding hydrogens is 205 g/mol. The van der Waals surface area contributed by atoms with Gasteiger partial charge in [0.25, 0.3) is 7.28 Å². The molecule has 0 aliphatic rings. The summed E-state index contributed by atoms with van der Waals surface area (Å²) in [6, 6.07) is 3.29. The van der Waals surface area contributed by atoms with Gasteiger partial charge in [-0.3, -0.25) is 0 Å². The van der Waals surface area contributed by atoms with Crippen LogP contribution in [0.5, 0.6) is 5.75 Å². The van der Waals surface area contributed by atoms with Gasteiger partial charge in [0.2, 0.25) is 0 Å². The van der Waals surface area contributed by atoms with Crippen molar-refractivity contribution in [2.24, 2.45) is 0 Å². The van der Waals surface area contributed by atoms with Crippen LogP contribution < -0.4 is 10.2 Å². The summed E-state index contributed by atoms with van der Waals surface area (Å²) in [4.78, 5) is 11.5.